The first-order chi connectivity index (χ1) is 12.6. The molecule has 1 aromatic heterocycles. The predicted molar refractivity (Wildman–Crippen MR) is 106 cm³/mol. The van der Waals surface area contributed by atoms with Gasteiger partial charge in [0, 0.05) is 61.5 Å². The van der Waals surface area contributed by atoms with Crippen molar-refractivity contribution in [1.82, 2.24) is 10.2 Å². The van der Waals surface area contributed by atoms with Crippen molar-refractivity contribution in [2.45, 2.75) is 6.42 Å². The second-order valence-electron chi connectivity index (χ2n) is 6.40. The number of piperazine rings is 1. The van der Waals surface area contributed by atoms with E-state index in [0.29, 0.717) is 12.1 Å². The van der Waals surface area contributed by atoms with Crippen LogP contribution < -0.4 is 15.5 Å². The molecule has 2 N–H and O–H groups in total. The minimum Gasteiger partial charge on any atom is -0.369 e. The number of likely N-dealkylation sites (N-methyl/N-ethyl adjacent to an activating group) is 1. The number of thiophene rings is 1. The van der Waals surface area contributed by atoms with Crippen molar-refractivity contribution in [3.8, 4) is 0 Å². The van der Waals surface area contributed by atoms with Crippen LogP contribution in [0, 0.1) is 0 Å². The molecular formula is C19H24N4O2S. The molecule has 0 saturated carbocycles. The lowest BCUT2D eigenvalue weighted by molar-refractivity contribution is -0.116. The molecule has 0 radical (unpaired) electrons. The van der Waals surface area contributed by atoms with Gasteiger partial charge in [-0.25, -0.2) is 0 Å². The van der Waals surface area contributed by atoms with Crippen molar-refractivity contribution in [3.63, 3.8) is 0 Å². The van der Waals surface area contributed by atoms with Crippen molar-refractivity contribution in [2.24, 2.45) is 0 Å². The van der Waals surface area contributed by atoms with E-state index < -0.39 is 0 Å². The number of benzene rings is 1. The van der Waals surface area contributed by atoms with E-state index in [1.807, 2.05) is 29.6 Å². The highest BCUT2D eigenvalue weighted by atomic mass is 32.1. The second-order valence-corrected chi connectivity index (χ2v) is 7.18. The quantitative estimate of drug-likeness (QED) is 0.816. The minimum atomic E-state index is -0.143. The molecular weight excluding hydrogens is 348 g/mol. The third kappa shape index (κ3) is 5.06. The van der Waals surface area contributed by atoms with E-state index in [1.165, 1.54) is 17.0 Å². The predicted octanol–water partition coefficient (Wildman–Crippen LogP) is 2.26. The van der Waals surface area contributed by atoms with Crippen LogP contribution in [0.1, 0.15) is 16.8 Å². The van der Waals surface area contributed by atoms with Crippen molar-refractivity contribution >= 4 is 34.5 Å². The van der Waals surface area contributed by atoms with Gasteiger partial charge in [-0.2, -0.15) is 11.3 Å². The second kappa shape index (κ2) is 8.82. The number of amides is 2. The van der Waals surface area contributed by atoms with Crippen LogP contribution in [0.25, 0.3) is 0 Å². The number of hydrogen-bond donors (Lipinski definition) is 2. The third-order valence-corrected chi connectivity index (χ3v) is 5.12. The Labute approximate surface area is 157 Å². The van der Waals surface area contributed by atoms with Gasteiger partial charge in [-0.15, -0.1) is 0 Å². The Kier molecular flexibility index (Phi) is 6.25. The molecule has 1 aliphatic heterocycles. The molecule has 6 nitrogen and oxygen atoms in total. The number of nitrogens with zero attached hydrogens (tertiary/aromatic N) is 2. The van der Waals surface area contributed by atoms with Gasteiger partial charge < -0.3 is 20.4 Å². The van der Waals surface area contributed by atoms with E-state index in [0.717, 1.165) is 31.9 Å². The van der Waals surface area contributed by atoms with Gasteiger partial charge in [-0.3, -0.25) is 9.59 Å². The standard InChI is InChI=1S/C19H24N4O2S/c1-22-9-11-23(12-10-22)17-4-2-16(3-5-17)21-18(24)6-8-20-19(25)15-7-13-26-14-15/h2-5,7,13-14H,6,8-12H2,1H3,(H,20,25)(H,21,24). The van der Waals surface area contributed by atoms with Crippen LogP contribution in [0.5, 0.6) is 0 Å². The molecule has 3 rings (SSSR count). The lowest BCUT2D eigenvalue weighted by Gasteiger charge is -2.34. The van der Waals surface area contributed by atoms with Crippen LogP contribution in [0.15, 0.2) is 41.1 Å². The van der Waals surface area contributed by atoms with E-state index >= 15 is 0 Å². The normalized spacial score (nSPS) is 14.9. The highest BCUT2D eigenvalue weighted by Gasteiger charge is 2.14. The lowest BCUT2D eigenvalue weighted by atomic mass is 10.2. The van der Waals surface area contributed by atoms with Gasteiger partial charge in [0.1, 0.15) is 0 Å². The molecule has 2 aromatic rings. The summed E-state index contributed by atoms with van der Waals surface area (Å²) in [5.74, 6) is -0.251. The number of nitrogens with one attached hydrogen (secondary N) is 2. The van der Waals surface area contributed by atoms with Gasteiger partial charge in [0.15, 0.2) is 0 Å². The summed E-state index contributed by atoms with van der Waals surface area (Å²) < 4.78 is 0. The zero-order chi connectivity index (χ0) is 18.4. The monoisotopic (exact) mass is 372 g/mol. The molecule has 7 heteroatoms. The summed E-state index contributed by atoms with van der Waals surface area (Å²) in [6, 6.07) is 9.70. The van der Waals surface area contributed by atoms with E-state index in [-0.39, 0.29) is 18.2 Å². The van der Waals surface area contributed by atoms with Gasteiger partial charge in [0.25, 0.3) is 5.91 Å². The maximum atomic E-state index is 12.0. The minimum absolute atomic E-state index is 0.108. The van der Waals surface area contributed by atoms with Crippen molar-refractivity contribution in [3.05, 3.63) is 46.7 Å². The van der Waals surface area contributed by atoms with Crippen LogP contribution >= 0.6 is 11.3 Å². The van der Waals surface area contributed by atoms with E-state index in [1.54, 1.807) is 11.4 Å². The molecule has 0 spiro atoms. The third-order valence-electron chi connectivity index (χ3n) is 4.44. The smallest absolute Gasteiger partial charge is 0.252 e. The van der Waals surface area contributed by atoms with Crippen LogP contribution in [0.2, 0.25) is 0 Å². The Balaban J connectivity index is 1.42. The van der Waals surface area contributed by atoms with Crippen LogP contribution in [-0.2, 0) is 4.79 Å². The van der Waals surface area contributed by atoms with Crippen molar-refractivity contribution in [1.29, 1.82) is 0 Å². The van der Waals surface area contributed by atoms with Gasteiger partial charge in [0.2, 0.25) is 5.91 Å². The summed E-state index contributed by atoms with van der Waals surface area (Å²) in [7, 11) is 2.14. The summed E-state index contributed by atoms with van der Waals surface area (Å²) >= 11 is 1.47. The average Bonchev–Trinajstić information content (AvgIpc) is 3.18. The molecule has 0 atom stereocenters. The maximum Gasteiger partial charge on any atom is 0.252 e. The number of carbonyl (C=O) groups excluding carboxylic acids is 2. The Morgan fingerprint density at radius 1 is 1.08 bits per heavy atom. The first-order valence-corrected chi connectivity index (χ1v) is 9.70. The van der Waals surface area contributed by atoms with Crippen molar-refractivity contribution in [2.75, 3.05) is 50.0 Å². The molecule has 1 fully saturated rings. The summed E-state index contributed by atoms with van der Waals surface area (Å²) in [6.45, 7) is 4.49. The van der Waals surface area contributed by atoms with E-state index in [9.17, 15) is 9.59 Å². The largest absolute Gasteiger partial charge is 0.369 e. The molecule has 1 aromatic carbocycles. The Morgan fingerprint density at radius 2 is 1.81 bits per heavy atom. The fourth-order valence-corrected chi connectivity index (χ4v) is 3.46. The van der Waals surface area contributed by atoms with E-state index in [4.69, 9.17) is 0 Å². The number of carbonyl (C=O) groups is 2. The molecule has 26 heavy (non-hydrogen) atoms. The fraction of sp³-hybridized carbons (Fsp3) is 0.368. The highest BCUT2D eigenvalue weighted by Crippen LogP contribution is 2.19. The molecule has 138 valence electrons. The van der Waals surface area contributed by atoms with Crippen LogP contribution in [0.3, 0.4) is 0 Å². The molecule has 0 aliphatic carbocycles. The zero-order valence-corrected chi connectivity index (χ0v) is 15.7. The van der Waals surface area contributed by atoms with Crippen LogP contribution in [-0.4, -0.2) is 56.5 Å². The molecule has 0 unspecified atom stereocenters. The number of hydrogen-bond acceptors (Lipinski definition) is 5. The number of rotatable bonds is 6. The summed E-state index contributed by atoms with van der Waals surface area (Å²) in [5, 5.41) is 9.27. The summed E-state index contributed by atoms with van der Waals surface area (Å²) in [5.41, 5.74) is 2.59. The van der Waals surface area contributed by atoms with Crippen LogP contribution in [0.4, 0.5) is 11.4 Å². The van der Waals surface area contributed by atoms with Gasteiger partial charge >= 0.3 is 0 Å². The zero-order valence-electron chi connectivity index (χ0n) is 14.9. The Bertz CT molecular complexity index is 723. The summed E-state index contributed by atoms with van der Waals surface area (Å²) in [6.07, 6.45) is 0.246. The maximum absolute atomic E-state index is 12.0. The van der Waals surface area contributed by atoms with Gasteiger partial charge in [-0.1, -0.05) is 0 Å². The van der Waals surface area contributed by atoms with Crippen molar-refractivity contribution < 1.29 is 9.59 Å². The van der Waals surface area contributed by atoms with E-state index in [2.05, 4.69) is 27.5 Å². The molecule has 1 aliphatic rings. The molecule has 2 amide bonds. The molecule has 1 saturated heterocycles. The lowest BCUT2D eigenvalue weighted by Crippen LogP contribution is -2.44. The van der Waals surface area contributed by atoms with Gasteiger partial charge in [-0.05, 0) is 42.8 Å². The molecule has 2 heterocycles. The SMILES string of the molecule is CN1CCN(c2ccc(NC(=O)CCNC(=O)c3ccsc3)cc2)CC1. The highest BCUT2D eigenvalue weighted by molar-refractivity contribution is 7.08. The average molecular weight is 372 g/mol. The number of anilines is 2. The van der Waals surface area contributed by atoms with Gasteiger partial charge in [0.05, 0.1) is 0 Å². The Morgan fingerprint density at radius 3 is 2.46 bits per heavy atom. The fourth-order valence-electron chi connectivity index (χ4n) is 2.83. The Hall–Kier alpha value is -2.38. The summed E-state index contributed by atoms with van der Waals surface area (Å²) in [4.78, 5) is 28.5. The first-order valence-electron chi connectivity index (χ1n) is 8.75. The topological polar surface area (TPSA) is 64.7 Å². The first kappa shape index (κ1) is 18.4. The molecule has 0 bridgehead atoms.